The molecule has 0 atom stereocenters. The highest BCUT2D eigenvalue weighted by Gasteiger charge is 2.12. The molecule has 41 heavy (non-hydrogen) atoms. The van der Waals surface area contributed by atoms with Gasteiger partial charge in [0.2, 0.25) is 0 Å². The standard InChI is InChI=1S/C38H32N2O/c1-25-19-37(39-23-27(25)3)35-17-7-5-15-33(35)29-11-9-13-31(21-29)41-32-14-10-12-30(22-32)34-16-6-8-18-36(34)38-20-26(2)28(4)24-40-38/h5-24H,1-4H3/i1D3,2D3,3D3,4D3. The van der Waals surface area contributed by atoms with Crippen molar-refractivity contribution < 1.29 is 21.2 Å². The molecule has 0 aliphatic heterocycles. The van der Waals surface area contributed by atoms with Gasteiger partial charge in [0.1, 0.15) is 11.5 Å². The Balaban J connectivity index is 1.34. The smallest absolute Gasteiger partial charge is 0.128 e. The minimum Gasteiger partial charge on any atom is -0.457 e. The summed E-state index contributed by atoms with van der Waals surface area (Å²) in [6.45, 7) is -10.6. The second-order valence-electron chi connectivity index (χ2n) is 9.48. The third kappa shape index (κ3) is 5.53. The molecule has 0 aliphatic rings. The van der Waals surface area contributed by atoms with Gasteiger partial charge in [-0.3, -0.25) is 9.97 Å². The first-order valence-corrected chi connectivity index (χ1v) is 12.9. The Kier molecular flexibility index (Phi) is 4.29. The Morgan fingerprint density at radius 3 is 1.34 bits per heavy atom. The second-order valence-corrected chi connectivity index (χ2v) is 9.48. The molecular formula is C38H32N2O. The lowest BCUT2D eigenvalue weighted by Crippen LogP contribution is -1.92. The maximum atomic E-state index is 7.99. The van der Waals surface area contributed by atoms with Crippen LogP contribution in [0.1, 0.15) is 38.7 Å². The van der Waals surface area contributed by atoms with Crippen molar-refractivity contribution in [1.29, 1.82) is 0 Å². The van der Waals surface area contributed by atoms with E-state index < -0.39 is 27.4 Å². The Morgan fingerprint density at radius 1 is 0.463 bits per heavy atom. The van der Waals surface area contributed by atoms with E-state index in [0.717, 1.165) is 34.6 Å². The monoisotopic (exact) mass is 544 g/mol. The first kappa shape index (κ1) is 15.7. The van der Waals surface area contributed by atoms with Crippen molar-refractivity contribution in [3.8, 4) is 56.3 Å². The molecule has 0 amide bonds. The molecule has 4 aromatic carbocycles. The summed E-state index contributed by atoms with van der Waals surface area (Å²) >= 11 is 0. The Bertz CT molecular complexity index is 2130. The predicted molar refractivity (Wildman–Crippen MR) is 169 cm³/mol. The summed E-state index contributed by atoms with van der Waals surface area (Å²) in [5.74, 6) is 1.00. The SMILES string of the molecule is [2H]C([2H])([2H])c1cnc(-c2ccccc2-c2cccc(Oc3cccc(-c4ccccc4-c4cc(C([2H])([2H])[2H])c(C([2H])([2H])[2H])cn4)c3)c2)cc1C([2H])([2H])[2H]. The molecule has 200 valence electrons. The average Bonchev–Trinajstić information content (AvgIpc) is 3.10. The third-order valence-corrected chi connectivity index (χ3v) is 6.74. The minimum atomic E-state index is -2.67. The van der Waals surface area contributed by atoms with Crippen molar-refractivity contribution in [3.63, 3.8) is 0 Å². The van der Waals surface area contributed by atoms with Crippen molar-refractivity contribution in [2.45, 2.75) is 27.4 Å². The van der Waals surface area contributed by atoms with Gasteiger partial charge in [0.15, 0.2) is 0 Å². The van der Waals surface area contributed by atoms with Crippen molar-refractivity contribution >= 4 is 0 Å². The summed E-state index contributed by atoms with van der Waals surface area (Å²) in [6, 6.07) is 31.8. The molecule has 0 fully saturated rings. The fourth-order valence-electron chi connectivity index (χ4n) is 4.71. The van der Waals surface area contributed by atoms with Crippen LogP contribution in [0.15, 0.2) is 122 Å². The number of aryl methyl sites for hydroxylation is 4. The first-order valence-electron chi connectivity index (χ1n) is 18.9. The summed E-state index contributed by atoms with van der Waals surface area (Å²) < 4.78 is 101. The van der Waals surface area contributed by atoms with Gasteiger partial charge in [0.25, 0.3) is 0 Å². The highest BCUT2D eigenvalue weighted by Crippen LogP contribution is 2.36. The van der Waals surface area contributed by atoms with E-state index in [2.05, 4.69) is 9.97 Å². The zero-order chi connectivity index (χ0) is 38.3. The molecule has 3 heteroatoms. The lowest BCUT2D eigenvalue weighted by Gasteiger charge is -2.14. The summed E-state index contributed by atoms with van der Waals surface area (Å²) in [4.78, 5) is 8.73. The van der Waals surface area contributed by atoms with Gasteiger partial charge in [0.05, 0.1) is 11.4 Å². The summed E-state index contributed by atoms with van der Waals surface area (Å²) in [6.07, 6.45) is 2.22. The molecule has 0 aliphatic carbocycles. The van der Waals surface area contributed by atoms with E-state index in [9.17, 15) is 0 Å². The van der Waals surface area contributed by atoms with Crippen molar-refractivity contribution in [2.24, 2.45) is 0 Å². The van der Waals surface area contributed by atoms with Crippen LogP contribution in [0.3, 0.4) is 0 Å². The number of pyridine rings is 2. The number of hydrogen-bond acceptors (Lipinski definition) is 3. The summed E-state index contributed by atoms with van der Waals surface area (Å²) in [7, 11) is 0. The van der Waals surface area contributed by atoms with Gasteiger partial charge in [-0.2, -0.15) is 0 Å². The van der Waals surface area contributed by atoms with Crippen LogP contribution in [-0.4, -0.2) is 9.97 Å². The molecule has 3 nitrogen and oxygen atoms in total. The molecule has 6 aromatic rings. The molecule has 0 bridgehead atoms. The van der Waals surface area contributed by atoms with Gasteiger partial charge in [-0.25, -0.2) is 0 Å². The van der Waals surface area contributed by atoms with Crippen molar-refractivity contribution in [1.82, 2.24) is 9.97 Å². The average molecular weight is 545 g/mol. The van der Waals surface area contributed by atoms with Crippen LogP contribution in [0.25, 0.3) is 44.8 Å². The molecule has 0 spiro atoms. The first-order chi connectivity index (χ1) is 24.8. The number of hydrogen-bond donors (Lipinski definition) is 0. The van der Waals surface area contributed by atoms with Gasteiger partial charge in [0, 0.05) is 40.0 Å². The lowest BCUT2D eigenvalue weighted by atomic mass is 9.96. The third-order valence-electron chi connectivity index (χ3n) is 6.74. The van der Waals surface area contributed by atoms with E-state index in [4.69, 9.17) is 21.2 Å². The molecule has 0 unspecified atom stereocenters. The van der Waals surface area contributed by atoms with Crippen LogP contribution >= 0.6 is 0 Å². The van der Waals surface area contributed by atoms with Gasteiger partial charge < -0.3 is 4.74 Å². The minimum absolute atomic E-state index is 0.281. The van der Waals surface area contributed by atoms with Crippen molar-refractivity contribution in [2.75, 3.05) is 0 Å². The van der Waals surface area contributed by atoms with Crippen LogP contribution in [0.2, 0.25) is 0 Å². The van der Waals surface area contributed by atoms with Crippen LogP contribution < -0.4 is 4.74 Å². The molecule has 2 aromatic heterocycles. The van der Waals surface area contributed by atoms with Gasteiger partial charge in [-0.1, -0.05) is 72.8 Å². The lowest BCUT2D eigenvalue weighted by molar-refractivity contribution is 0.483. The molecule has 0 radical (unpaired) electrons. The fourth-order valence-corrected chi connectivity index (χ4v) is 4.71. The fraction of sp³-hybridized carbons (Fsp3) is 0.105. The number of nitrogens with zero attached hydrogens (tertiary/aromatic N) is 2. The van der Waals surface area contributed by atoms with E-state index in [-0.39, 0.29) is 22.3 Å². The Labute approximate surface area is 259 Å². The second kappa shape index (κ2) is 11.2. The quantitative estimate of drug-likeness (QED) is 0.209. The largest absolute Gasteiger partial charge is 0.457 e. The van der Waals surface area contributed by atoms with Crippen LogP contribution in [0, 0.1) is 27.4 Å². The van der Waals surface area contributed by atoms with Crippen LogP contribution in [-0.2, 0) is 0 Å². The zero-order valence-corrected chi connectivity index (χ0v) is 21.8. The Hall–Kier alpha value is -5.02. The molecule has 0 saturated heterocycles. The summed E-state index contributed by atoms with van der Waals surface area (Å²) in [5.41, 5.74) is 3.57. The van der Waals surface area contributed by atoms with Gasteiger partial charge >= 0.3 is 0 Å². The predicted octanol–water partition coefficient (Wildman–Crippen LogP) is 10.2. The van der Waals surface area contributed by atoms with E-state index in [0.29, 0.717) is 34.0 Å². The molecular weight excluding hydrogens is 500 g/mol. The van der Waals surface area contributed by atoms with E-state index in [1.165, 1.54) is 12.1 Å². The van der Waals surface area contributed by atoms with Crippen LogP contribution in [0.5, 0.6) is 11.5 Å². The topological polar surface area (TPSA) is 35.0 Å². The maximum Gasteiger partial charge on any atom is 0.128 e. The number of ether oxygens (including phenoxy) is 1. The summed E-state index contributed by atoms with van der Waals surface area (Å²) in [5, 5.41) is 0. The molecule has 2 heterocycles. The van der Waals surface area contributed by atoms with E-state index in [1.54, 1.807) is 36.4 Å². The van der Waals surface area contributed by atoms with Gasteiger partial charge in [-0.15, -0.1) is 0 Å². The van der Waals surface area contributed by atoms with Crippen molar-refractivity contribution in [3.05, 3.63) is 144 Å². The van der Waals surface area contributed by atoms with E-state index >= 15 is 0 Å². The van der Waals surface area contributed by atoms with E-state index in [1.807, 2.05) is 60.7 Å². The molecule has 0 saturated carbocycles. The number of aromatic nitrogens is 2. The number of rotatable bonds is 6. The molecule has 6 rings (SSSR count). The zero-order valence-electron chi connectivity index (χ0n) is 33.8. The normalized spacial score (nSPS) is 16.5. The number of benzene rings is 4. The van der Waals surface area contributed by atoms with Crippen LogP contribution in [0.4, 0.5) is 0 Å². The molecule has 0 N–H and O–H groups in total. The Morgan fingerprint density at radius 2 is 0.902 bits per heavy atom. The highest BCUT2D eigenvalue weighted by molar-refractivity contribution is 5.84. The van der Waals surface area contributed by atoms with Gasteiger partial charge in [-0.05, 0) is 108 Å². The highest BCUT2D eigenvalue weighted by atomic mass is 16.5. The maximum absolute atomic E-state index is 7.99.